The monoisotopic (exact) mass is 748 g/mol. The largest absolute Gasteiger partial charge is 0.489 e. The number of rotatable bonds is 9. The minimum atomic E-state index is -0.245. The van der Waals surface area contributed by atoms with Crippen LogP contribution < -0.4 is 9.47 Å². The van der Waals surface area contributed by atoms with Crippen LogP contribution in [0.1, 0.15) is 11.1 Å². The molecule has 0 bridgehead atoms. The molecule has 160 valence electrons. The lowest BCUT2D eigenvalue weighted by molar-refractivity contribution is -0.143. The third-order valence-electron chi connectivity index (χ3n) is 4.48. The number of epoxide rings is 2. The van der Waals surface area contributed by atoms with Gasteiger partial charge in [-0.05, 0) is 104 Å². The Morgan fingerprint density at radius 3 is 2.17 bits per heavy atom. The molecule has 0 aliphatic carbocycles. The predicted octanol–water partition coefficient (Wildman–Crippen LogP) is 4.86. The van der Waals surface area contributed by atoms with Gasteiger partial charge >= 0.3 is 5.97 Å². The number of carbonyl (C=O) groups is 1. The van der Waals surface area contributed by atoms with Crippen molar-refractivity contribution < 1.29 is 28.5 Å². The van der Waals surface area contributed by atoms with Gasteiger partial charge in [-0.25, -0.2) is 0 Å². The van der Waals surface area contributed by atoms with E-state index in [2.05, 4.69) is 67.8 Å². The molecule has 2 aromatic rings. The molecule has 4 rings (SSSR count). The van der Waals surface area contributed by atoms with Crippen molar-refractivity contribution in [3.63, 3.8) is 0 Å². The van der Waals surface area contributed by atoms with Crippen LogP contribution >= 0.6 is 67.8 Å². The Hall–Kier alpha value is -0.380. The number of hydrogen-bond donors (Lipinski definition) is 0. The maximum atomic E-state index is 12.0. The lowest BCUT2D eigenvalue weighted by Gasteiger charge is -2.15. The van der Waals surface area contributed by atoms with Crippen LogP contribution in [0.2, 0.25) is 0 Å². The van der Waals surface area contributed by atoms with Crippen molar-refractivity contribution in [1.29, 1.82) is 0 Å². The van der Waals surface area contributed by atoms with Crippen molar-refractivity contribution in [2.45, 2.75) is 25.6 Å². The second-order valence-corrected chi connectivity index (χ2v) is 10.6. The third-order valence-corrected chi connectivity index (χ3v) is 6.88. The molecule has 9 heteroatoms. The zero-order valence-electron chi connectivity index (χ0n) is 16.1. The summed E-state index contributed by atoms with van der Waals surface area (Å²) < 4.78 is 30.5. The summed E-state index contributed by atoms with van der Waals surface area (Å²) in [5.74, 6) is 2.14. The van der Waals surface area contributed by atoms with Gasteiger partial charge in [0.15, 0.2) is 0 Å². The maximum absolute atomic E-state index is 12.0. The minimum absolute atomic E-state index is 0.0796. The first kappa shape index (κ1) is 22.8. The number of benzene rings is 2. The lowest BCUT2D eigenvalue weighted by atomic mass is 10.1. The van der Waals surface area contributed by atoms with Crippen LogP contribution in [-0.2, 0) is 25.4 Å². The molecule has 0 aromatic heterocycles. The Labute approximate surface area is 215 Å². The average Bonchev–Trinajstić information content (AvgIpc) is 3.57. The van der Waals surface area contributed by atoms with Crippen molar-refractivity contribution in [3.05, 3.63) is 46.1 Å². The molecule has 2 aliphatic rings. The van der Waals surface area contributed by atoms with E-state index in [1.54, 1.807) is 0 Å². The second kappa shape index (κ2) is 10.0. The van der Waals surface area contributed by atoms with Crippen molar-refractivity contribution in [1.82, 2.24) is 0 Å². The first-order valence-electron chi connectivity index (χ1n) is 9.36. The van der Waals surface area contributed by atoms with Gasteiger partial charge < -0.3 is 23.7 Å². The summed E-state index contributed by atoms with van der Waals surface area (Å²) in [6.45, 7) is 4.33. The molecule has 0 amide bonds. The fourth-order valence-corrected chi connectivity index (χ4v) is 5.75. The molecule has 30 heavy (non-hydrogen) atoms. The van der Waals surface area contributed by atoms with Gasteiger partial charge in [0.2, 0.25) is 0 Å². The predicted molar refractivity (Wildman–Crippen MR) is 135 cm³/mol. The Kier molecular flexibility index (Phi) is 7.63. The van der Waals surface area contributed by atoms with Crippen LogP contribution in [0.3, 0.4) is 0 Å². The lowest BCUT2D eigenvalue weighted by Crippen LogP contribution is -2.12. The second-order valence-electron chi connectivity index (χ2n) is 7.12. The Morgan fingerprint density at radius 2 is 1.57 bits per heavy atom. The first-order chi connectivity index (χ1) is 14.4. The van der Waals surface area contributed by atoms with Crippen LogP contribution in [0.5, 0.6) is 17.2 Å². The summed E-state index contributed by atoms with van der Waals surface area (Å²) in [7, 11) is 0. The van der Waals surface area contributed by atoms with Crippen molar-refractivity contribution >= 4 is 73.7 Å². The summed E-state index contributed by atoms with van der Waals surface area (Å²) in [6.07, 6.45) is 0.529. The molecule has 2 saturated heterocycles. The summed E-state index contributed by atoms with van der Waals surface area (Å²) in [4.78, 5) is 12.0. The van der Waals surface area contributed by atoms with E-state index in [4.69, 9.17) is 23.7 Å². The van der Waals surface area contributed by atoms with Gasteiger partial charge in [0, 0.05) is 0 Å². The fourth-order valence-electron chi connectivity index (χ4n) is 2.79. The number of aryl methyl sites for hydroxylation is 1. The smallest absolute Gasteiger partial charge is 0.310 e. The van der Waals surface area contributed by atoms with Crippen molar-refractivity contribution in [3.8, 4) is 17.2 Å². The van der Waals surface area contributed by atoms with E-state index in [9.17, 15) is 4.79 Å². The Balaban J connectivity index is 1.43. The van der Waals surface area contributed by atoms with E-state index in [1.165, 1.54) is 0 Å². The van der Waals surface area contributed by atoms with Crippen LogP contribution in [0.4, 0.5) is 0 Å². The van der Waals surface area contributed by atoms with E-state index in [-0.39, 0.29) is 24.6 Å². The van der Waals surface area contributed by atoms with Gasteiger partial charge in [-0.1, -0.05) is 6.07 Å². The molecule has 2 heterocycles. The van der Waals surface area contributed by atoms with Crippen molar-refractivity contribution in [2.75, 3.05) is 26.4 Å². The van der Waals surface area contributed by atoms with Crippen molar-refractivity contribution in [2.24, 2.45) is 0 Å². The highest BCUT2D eigenvalue weighted by Gasteiger charge is 2.25. The number of halogens is 3. The molecule has 2 unspecified atom stereocenters. The van der Waals surface area contributed by atoms with Gasteiger partial charge in [-0.2, -0.15) is 0 Å². The molecule has 6 nitrogen and oxygen atoms in total. The highest BCUT2D eigenvalue weighted by atomic mass is 127. The minimum Gasteiger partial charge on any atom is -0.489 e. The third kappa shape index (κ3) is 6.33. The molecule has 2 atom stereocenters. The molecule has 2 aromatic carbocycles. The van der Waals surface area contributed by atoms with Gasteiger partial charge in [0.25, 0.3) is 0 Å². The normalized spacial score (nSPS) is 19.3. The molecule has 0 spiro atoms. The molecule has 0 saturated carbocycles. The maximum Gasteiger partial charge on any atom is 0.310 e. The van der Waals surface area contributed by atoms with Crippen LogP contribution in [0, 0.1) is 17.6 Å². The topological polar surface area (TPSA) is 69.8 Å². The molecule has 0 N–H and O–H groups in total. The number of esters is 1. The van der Waals surface area contributed by atoms with Crippen LogP contribution in [-0.4, -0.2) is 44.6 Å². The highest BCUT2D eigenvalue weighted by Crippen LogP contribution is 2.37. The van der Waals surface area contributed by atoms with Crippen LogP contribution in [0.15, 0.2) is 24.3 Å². The van der Waals surface area contributed by atoms with E-state index in [0.717, 1.165) is 45.7 Å². The fraction of sp³-hybridized carbons (Fsp3) is 0.381. The highest BCUT2D eigenvalue weighted by molar-refractivity contribution is 14.1. The zero-order chi connectivity index (χ0) is 21.3. The van der Waals surface area contributed by atoms with Crippen LogP contribution in [0.25, 0.3) is 0 Å². The molecular formula is C21H19I3O6. The summed E-state index contributed by atoms with van der Waals surface area (Å²) in [6, 6.07) is 7.86. The summed E-state index contributed by atoms with van der Waals surface area (Å²) >= 11 is 6.76. The first-order valence-corrected chi connectivity index (χ1v) is 12.6. The molecule has 2 aliphatic heterocycles. The number of ether oxygens (including phenoxy) is 5. The molecule has 2 fully saturated rings. The van der Waals surface area contributed by atoms with Gasteiger partial charge in [-0.15, -0.1) is 0 Å². The molecule has 0 radical (unpaired) electrons. The zero-order valence-corrected chi connectivity index (χ0v) is 22.6. The quantitative estimate of drug-likeness (QED) is 0.208. The van der Waals surface area contributed by atoms with E-state index in [1.807, 2.05) is 31.2 Å². The number of carbonyl (C=O) groups excluding carboxylic acids is 1. The summed E-state index contributed by atoms with van der Waals surface area (Å²) in [5, 5.41) is 0. The van der Waals surface area contributed by atoms with E-state index < -0.39 is 0 Å². The van der Waals surface area contributed by atoms with E-state index in [0.29, 0.717) is 19.8 Å². The number of hydrogen-bond acceptors (Lipinski definition) is 6. The van der Waals surface area contributed by atoms with Gasteiger partial charge in [0.05, 0.1) is 30.3 Å². The SMILES string of the molecule is Cc1cc(CC(=O)OCC2CO2)cc(I)c1Oc1cc(I)c(OCC2CO2)c(I)c1. The Morgan fingerprint density at radius 1 is 0.967 bits per heavy atom. The average molecular weight is 748 g/mol. The molecular weight excluding hydrogens is 729 g/mol. The van der Waals surface area contributed by atoms with E-state index >= 15 is 0 Å². The van der Waals surface area contributed by atoms with Gasteiger partial charge in [0.1, 0.15) is 42.7 Å². The standard InChI is InChI=1S/C21H19I3O6/c1-11-2-12(4-19(25)28-9-14-7-26-14)3-16(22)20(11)30-13-5-17(23)21(18(24)6-13)29-10-15-8-27-15/h2-3,5-6,14-15H,4,7-10H2,1H3. The Bertz CT molecular complexity index is 910. The summed E-state index contributed by atoms with van der Waals surface area (Å²) in [5.41, 5.74) is 1.87. The van der Waals surface area contributed by atoms with Gasteiger partial charge in [-0.3, -0.25) is 4.79 Å².